The number of benzene rings is 2. The maximum atomic E-state index is 14.9. The summed E-state index contributed by atoms with van der Waals surface area (Å²) in [6.45, 7) is 0. The molecule has 2 aromatic carbocycles. The SMILES string of the molecule is COc1ccc(F)c(-c2ccncc2N(C)C(=O)c2cccc(S(C)(=O)=O)c2C(F)(F)F)c1F. The zero-order valence-electron chi connectivity index (χ0n) is 17.9. The first-order chi connectivity index (χ1) is 15.8. The number of ether oxygens (including phenoxy) is 1. The first kappa shape index (κ1) is 25.1. The van der Waals surface area contributed by atoms with Crippen LogP contribution in [0, 0.1) is 11.6 Å². The largest absolute Gasteiger partial charge is 0.494 e. The van der Waals surface area contributed by atoms with Gasteiger partial charge in [0.15, 0.2) is 21.4 Å². The molecule has 12 heteroatoms. The Morgan fingerprint density at radius 2 is 1.76 bits per heavy atom. The van der Waals surface area contributed by atoms with Gasteiger partial charge in [0, 0.05) is 25.1 Å². The third-order valence-electron chi connectivity index (χ3n) is 4.95. The molecule has 0 N–H and O–H groups in total. The van der Waals surface area contributed by atoms with E-state index in [1.165, 1.54) is 12.3 Å². The summed E-state index contributed by atoms with van der Waals surface area (Å²) in [4.78, 5) is 16.6. The first-order valence-corrected chi connectivity index (χ1v) is 11.3. The van der Waals surface area contributed by atoms with Gasteiger partial charge >= 0.3 is 6.18 Å². The summed E-state index contributed by atoms with van der Waals surface area (Å²) in [7, 11) is -2.11. The fraction of sp³-hybridized carbons (Fsp3) is 0.182. The van der Waals surface area contributed by atoms with Gasteiger partial charge < -0.3 is 9.64 Å². The molecule has 0 aliphatic heterocycles. The number of carbonyl (C=O) groups is 1. The van der Waals surface area contributed by atoms with Gasteiger partial charge in [-0.1, -0.05) is 6.07 Å². The predicted molar refractivity (Wildman–Crippen MR) is 113 cm³/mol. The van der Waals surface area contributed by atoms with Crippen molar-refractivity contribution in [1.29, 1.82) is 0 Å². The normalized spacial score (nSPS) is 11.9. The van der Waals surface area contributed by atoms with Crippen LogP contribution in [0.4, 0.5) is 27.6 Å². The van der Waals surface area contributed by atoms with Gasteiger partial charge in [-0.05, 0) is 30.3 Å². The molecule has 0 aliphatic carbocycles. The van der Waals surface area contributed by atoms with E-state index in [2.05, 4.69) is 4.98 Å². The molecule has 1 heterocycles. The molecule has 34 heavy (non-hydrogen) atoms. The Kier molecular flexibility index (Phi) is 6.65. The third-order valence-corrected chi connectivity index (χ3v) is 6.09. The number of alkyl halides is 3. The van der Waals surface area contributed by atoms with Crippen molar-refractivity contribution in [2.75, 3.05) is 25.3 Å². The molecule has 0 spiro atoms. The van der Waals surface area contributed by atoms with Crippen LogP contribution in [-0.2, 0) is 16.0 Å². The second-order valence-corrected chi connectivity index (χ2v) is 9.13. The molecule has 3 rings (SSSR count). The highest BCUT2D eigenvalue weighted by Crippen LogP contribution is 2.40. The number of pyridine rings is 1. The molecule has 0 fully saturated rings. The average Bonchev–Trinajstić information content (AvgIpc) is 2.77. The third kappa shape index (κ3) is 4.58. The van der Waals surface area contributed by atoms with Crippen LogP contribution >= 0.6 is 0 Å². The van der Waals surface area contributed by atoms with E-state index in [-0.39, 0.29) is 17.0 Å². The van der Waals surface area contributed by atoms with E-state index < -0.39 is 55.1 Å². The summed E-state index contributed by atoms with van der Waals surface area (Å²) >= 11 is 0. The summed E-state index contributed by atoms with van der Waals surface area (Å²) < 4.78 is 99.8. The topological polar surface area (TPSA) is 76.6 Å². The van der Waals surface area contributed by atoms with Gasteiger partial charge in [-0.2, -0.15) is 13.2 Å². The van der Waals surface area contributed by atoms with Gasteiger partial charge in [0.25, 0.3) is 5.91 Å². The van der Waals surface area contributed by atoms with Crippen LogP contribution in [0.15, 0.2) is 53.7 Å². The number of hydrogen-bond acceptors (Lipinski definition) is 5. The summed E-state index contributed by atoms with van der Waals surface area (Å²) in [5.41, 5.74) is -3.60. The van der Waals surface area contributed by atoms with Crippen LogP contribution in [0.1, 0.15) is 15.9 Å². The van der Waals surface area contributed by atoms with E-state index in [4.69, 9.17) is 4.74 Å². The number of rotatable bonds is 5. The number of carbonyl (C=O) groups excluding carboxylic acids is 1. The van der Waals surface area contributed by atoms with Crippen LogP contribution in [0.25, 0.3) is 11.1 Å². The Balaban J connectivity index is 2.23. The van der Waals surface area contributed by atoms with Gasteiger partial charge in [-0.25, -0.2) is 17.2 Å². The van der Waals surface area contributed by atoms with Crippen molar-refractivity contribution in [1.82, 2.24) is 4.98 Å². The van der Waals surface area contributed by atoms with Crippen molar-refractivity contribution < 1.29 is 39.9 Å². The molecule has 6 nitrogen and oxygen atoms in total. The minimum absolute atomic E-state index is 0.187. The number of amides is 1. The van der Waals surface area contributed by atoms with E-state index in [9.17, 15) is 35.2 Å². The van der Waals surface area contributed by atoms with Gasteiger partial charge in [-0.3, -0.25) is 9.78 Å². The van der Waals surface area contributed by atoms with Crippen LogP contribution < -0.4 is 9.64 Å². The van der Waals surface area contributed by atoms with Crippen LogP contribution in [0.5, 0.6) is 5.75 Å². The van der Waals surface area contributed by atoms with E-state index in [0.29, 0.717) is 11.2 Å². The summed E-state index contributed by atoms with van der Waals surface area (Å²) in [6.07, 6.45) is -2.38. The Morgan fingerprint density at radius 3 is 2.35 bits per heavy atom. The van der Waals surface area contributed by atoms with Crippen molar-refractivity contribution >= 4 is 21.4 Å². The van der Waals surface area contributed by atoms with Crippen molar-refractivity contribution in [2.24, 2.45) is 0 Å². The smallest absolute Gasteiger partial charge is 0.418 e. The molecule has 0 atom stereocenters. The van der Waals surface area contributed by atoms with E-state index in [0.717, 1.165) is 50.7 Å². The van der Waals surface area contributed by atoms with Crippen LogP contribution in [-0.4, -0.2) is 39.7 Å². The highest BCUT2D eigenvalue weighted by molar-refractivity contribution is 7.90. The number of methoxy groups -OCH3 is 1. The minimum atomic E-state index is -5.19. The Hall–Kier alpha value is -3.54. The number of hydrogen-bond donors (Lipinski definition) is 0. The molecule has 0 bridgehead atoms. The monoisotopic (exact) mass is 500 g/mol. The van der Waals surface area contributed by atoms with Crippen molar-refractivity contribution in [3.05, 3.63) is 71.6 Å². The highest BCUT2D eigenvalue weighted by Gasteiger charge is 2.41. The lowest BCUT2D eigenvalue weighted by atomic mass is 10.0. The minimum Gasteiger partial charge on any atom is -0.494 e. The lowest BCUT2D eigenvalue weighted by Crippen LogP contribution is -2.30. The fourth-order valence-corrected chi connectivity index (χ4v) is 4.33. The number of halogens is 5. The highest BCUT2D eigenvalue weighted by atomic mass is 32.2. The quantitative estimate of drug-likeness (QED) is 0.474. The lowest BCUT2D eigenvalue weighted by Gasteiger charge is -2.23. The Bertz CT molecular complexity index is 1370. The molecular weight excluding hydrogens is 483 g/mol. The number of nitrogens with zero attached hydrogens (tertiary/aromatic N) is 2. The van der Waals surface area contributed by atoms with Crippen LogP contribution in [0.3, 0.4) is 0 Å². The van der Waals surface area contributed by atoms with Gasteiger partial charge in [-0.15, -0.1) is 0 Å². The molecule has 0 radical (unpaired) electrons. The Labute approximate surface area is 191 Å². The molecule has 0 saturated carbocycles. The number of sulfone groups is 1. The van der Waals surface area contributed by atoms with Gasteiger partial charge in [0.05, 0.1) is 40.6 Å². The van der Waals surface area contributed by atoms with E-state index >= 15 is 0 Å². The molecule has 1 aromatic heterocycles. The molecule has 0 aliphatic rings. The molecule has 1 amide bonds. The second kappa shape index (κ2) is 9.01. The van der Waals surface area contributed by atoms with Crippen molar-refractivity contribution in [3.63, 3.8) is 0 Å². The summed E-state index contributed by atoms with van der Waals surface area (Å²) in [5, 5.41) is 0. The number of anilines is 1. The Morgan fingerprint density at radius 1 is 1.09 bits per heavy atom. The number of aromatic nitrogens is 1. The van der Waals surface area contributed by atoms with Gasteiger partial charge in [0.2, 0.25) is 0 Å². The van der Waals surface area contributed by atoms with E-state index in [1.54, 1.807) is 0 Å². The van der Waals surface area contributed by atoms with Crippen molar-refractivity contribution in [3.8, 4) is 16.9 Å². The van der Waals surface area contributed by atoms with Gasteiger partial charge in [0.1, 0.15) is 5.82 Å². The maximum absolute atomic E-state index is 14.9. The molecule has 180 valence electrons. The van der Waals surface area contributed by atoms with Crippen LogP contribution in [0.2, 0.25) is 0 Å². The predicted octanol–water partition coefficient (Wildman–Crippen LogP) is 4.73. The molecular formula is C22H17F5N2O4S. The average molecular weight is 500 g/mol. The molecule has 0 unspecified atom stereocenters. The zero-order chi connectivity index (χ0) is 25.4. The second-order valence-electron chi connectivity index (χ2n) is 7.14. The summed E-state index contributed by atoms with van der Waals surface area (Å²) in [5.74, 6) is -3.67. The van der Waals surface area contributed by atoms with Crippen molar-refractivity contribution in [2.45, 2.75) is 11.1 Å². The first-order valence-electron chi connectivity index (χ1n) is 9.43. The maximum Gasteiger partial charge on any atom is 0.418 e. The fourth-order valence-electron chi connectivity index (χ4n) is 3.40. The lowest BCUT2D eigenvalue weighted by molar-refractivity contribution is -0.140. The summed E-state index contributed by atoms with van der Waals surface area (Å²) in [6, 6.07) is 5.72. The molecule has 0 saturated heterocycles. The standard InChI is InChI=1S/C22H17F5N2O4S/c1-29(21(30)13-5-4-6-17(34(3,31)32)19(13)22(25,26)27)15-11-28-10-9-12(15)18-14(23)7-8-16(33-2)20(18)24/h4-11H,1-3H3. The molecule has 3 aromatic rings. The van der Waals surface area contributed by atoms with E-state index in [1.807, 2.05) is 0 Å². The zero-order valence-corrected chi connectivity index (χ0v) is 18.8.